The number of H-pyrrole nitrogens is 1. The lowest BCUT2D eigenvalue weighted by molar-refractivity contribution is 0.604. The van der Waals surface area contributed by atoms with Crippen molar-refractivity contribution in [1.29, 1.82) is 0 Å². The third kappa shape index (κ3) is 2.34. The van der Waals surface area contributed by atoms with Gasteiger partial charge in [-0.1, -0.05) is 13.8 Å². The van der Waals surface area contributed by atoms with Crippen molar-refractivity contribution < 1.29 is 0 Å². The second kappa shape index (κ2) is 4.68. The van der Waals surface area contributed by atoms with Crippen molar-refractivity contribution in [2.75, 3.05) is 23.8 Å². The SMILES string of the molecule is CNc1nc(N(CC(C)C)C2CC2)c2[nH]cnc2n1. The van der Waals surface area contributed by atoms with Gasteiger partial charge in [0.25, 0.3) is 0 Å². The van der Waals surface area contributed by atoms with Crippen molar-refractivity contribution in [3.8, 4) is 0 Å². The van der Waals surface area contributed by atoms with E-state index in [0.717, 1.165) is 23.5 Å². The fourth-order valence-corrected chi connectivity index (χ4v) is 2.33. The van der Waals surface area contributed by atoms with Crippen molar-refractivity contribution >= 4 is 22.9 Å². The highest BCUT2D eigenvalue weighted by molar-refractivity contribution is 5.84. The number of anilines is 2. The zero-order chi connectivity index (χ0) is 13.4. The number of nitrogens with one attached hydrogen (secondary N) is 2. The van der Waals surface area contributed by atoms with E-state index in [-0.39, 0.29) is 0 Å². The third-order valence-electron chi connectivity index (χ3n) is 3.31. The average Bonchev–Trinajstić information content (AvgIpc) is 3.12. The molecule has 1 saturated carbocycles. The normalized spacial score (nSPS) is 15.2. The second-order valence-corrected chi connectivity index (χ2v) is 5.50. The summed E-state index contributed by atoms with van der Waals surface area (Å²) in [5, 5.41) is 3.01. The van der Waals surface area contributed by atoms with Gasteiger partial charge < -0.3 is 15.2 Å². The number of aromatic amines is 1. The molecule has 6 heteroatoms. The Bertz CT molecular complexity index is 572. The van der Waals surface area contributed by atoms with Gasteiger partial charge in [-0.25, -0.2) is 4.98 Å². The monoisotopic (exact) mass is 260 g/mol. The lowest BCUT2D eigenvalue weighted by Gasteiger charge is -2.26. The van der Waals surface area contributed by atoms with Crippen LogP contribution in [-0.2, 0) is 0 Å². The van der Waals surface area contributed by atoms with E-state index < -0.39 is 0 Å². The molecular weight excluding hydrogens is 240 g/mol. The summed E-state index contributed by atoms with van der Waals surface area (Å²) in [4.78, 5) is 18.8. The molecule has 19 heavy (non-hydrogen) atoms. The Morgan fingerprint density at radius 2 is 2.21 bits per heavy atom. The minimum Gasteiger partial charge on any atom is -0.357 e. The molecule has 0 atom stereocenters. The van der Waals surface area contributed by atoms with Gasteiger partial charge in [0, 0.05) is 19.6 Å². The van der Waals surface area contributed by atoms with Gasteiger partial charge in [-0.05, 0) is 18.8 Å². The fourth-order valence-electron chi connectivity index (χ4n) is 2.33. The van der Waals surface area contributed by atoms with Crippen molar-refractivity contribution in [1.82, 2.24) is 19.9 Å². The Labute approximate surface area is 112 Å². The zero-order valence-corrected chi connectivity index (χ0v) is 11.6. The summed E-state index contributed by atoms with van der Waals surface area (Å²) in [6.07, 6.45) is 4.19. The van der Waals surface area contributed by atoms with Gasteiger partial charge in [-0.2, -0.15) is 9.97 Å². The van der Waals surface area contributed by atoms with E-state index in [1.165, 1.54) is 12.8 Å². The van der Waals surface area contributed by atoms with E-state index in [9.17, 15) is 0 Å². The molecule has 1 aliphatic rings. The molecule has 2 N–H and O–H groups in total. The predicted octanol–water partition coefficient (Wildman–Crippen LogP) is 2.02. The summed E-state index contributed by atoms with van der Waals surface area (Å²) < 4.78 is 0. The molecule has 6 nitrogen and oxygen atoms in total. The van der Waals surface area contributed by atoms with Gasteiger partial charge in [-0.15, -0.1) is 0 Å². The van der Waals surface area contributed by atoms with Crippen LogP contribution in [0, 0.1) is 5.92 Å². The molecular formula is C13H20N6. The molecule has 102 valence electrons. The summed E-state index contributed by atoms with van der Waals surface area (Å²) >= 11 is 0. The number of hydrogen-bond acceptors (Lipinski definition) is 5. The predicted molar refractivity (Wildman–Crippen MR) is 76.4 cm³/mol. The molecule has 2 aromatic rings. The van der Waals surface area contributed by atoms with E-state index >= 15 is 0 Å². The summed E-state index contributed by atoms with van der Waals surface area (Å²) in [7, 11) is 1.83. The summed E-state index contributed by atoms with van der Waals surface area (Å²) in [5.41, 5.74) is 1.66. The first-order chi connectivity index (χ1) is 9.19. The first kappa shape index (κ1) is 12.2. The fraction of sp³-hybridized carbons (Fsp3) is 0.615. The maximum absolute atomic E-state index is 4.64. The van der Waals surface area contributed by atoms with Gasteiger partial charge >= 0.3 is 0 Å². The zero-order valence-electron chi connectivity index (χ0n) is 11.6. The molecule has 0 unspecified atom stereocenters. The van der Waals surface area contributed by atoms with Crippen LogP contribution >= 0.6 is 0 Å². The topological polar surface area (TPSA) is 69.7 Å². The first-order valence-electron chi connectivity index (χ1n) is 6.84. The maximum atomic E-state index is 4.64. The van der Waals surface area contributed by atoms with Crippen molar-refractivity contribution in [2.24, 2.45) is 5.92 Å². The van der Waals surface area contributed by atoms with Crippen LogP contribution in [0.5, 0.6) is 0 Å². The number of aromatic nitrogens is 4. The van der Waals surface area contributed by atoms with Crippen LogP contribution in [0.2, 0.25) is 0 Å². The Balaban J connectivity index is 2.07. The molecule has 2 heterocycles. The molecule has 1 aliphatic carbocycles. The highest BCUT2D eigenvalue weighted by Gasteiger charge is 2.32. The molecule has 2 aromatic heterocycles. The van der Waals surface area contributed by atoms with E-state index in [1.54, 1.807) is 6.33 Å². The Morgan fingerprint density at radius 1 is 1.42 bits per heavy atom. The summed E-state index contributed by atoms with van der Waals surface area (Å²) in [6, 6.07) is 0.619. The van der Waals surface area contributed by atoms with Crippen LogP contribution in [0.15, 0.2) is 6.33 Å². The lowest BCUT2D eigenvalue weighted by Crippen LogP contribution is -2.31. The van der Waals surface area contributed by atoms with Crippen molar-refractivity contribution in [2.45, 2.75) is 32.7 Å². The molecule has 0 amide bonds. The van der Waals surface area contributed by atoms with Crippen molar-refractivity contribution in [3.05, 3.63) is 6.33 Å². The maximum Gasteiger partial charge on any atom is 0.226 e. The van der Waals surface area contributed by atoms with Crippen LogP contribution in [0.4, 0.5) is 11.8 Å². The van der Waals surface area contributed by atoms with E-state index in [2.05, 4.69) is 44.0 Å². The van der Waals surface area contributed by atoms with Crippen LogP contribution < -0.4 is 10.2 Å². The summed E-state index contributed by atoms with van der Waals surface area (Å²) in [5.74, 6) is 2.21. The van der Waals surface area contributed by atoms with E-state index in [1.807, 2.05) is 7.05 Å². The van der Waals surface area contributed by atoms with Gasteiger partial charge in [0.05, 0.1) is 6.33 Å². The van der Waals surface area contributed by atoms with Gasteiger partial charge in [-0.3, -0.25) is 0 Å². The first-order valence-corrected chi connectivity index (χ1v) is 6.84. The number of hydrogen-bond donors (Lipinski definition) is 2. The van der Waals surface area contributed by atoms with E-state index in [4.69, 9.17) is 0 Å². The van der Waals surface area contributed by atoms with Crippen molar-refractivity contribution in [3.63, 3.8) is 0 Å². The van der Waals surface area contributed by atoms with E-state index in [0.29, 0.717) is 17.9 Å². The number of rotatable bonds is 5. The molecule has 3 rings (SSSR count). The van der Waals surface area contributed by atoms with Gasteiger partial charge in [0.1, 0.15) is 5.52 Å². The molecule has 0 aliphatic heterocycles. The highest BCUT2D eigenvalue weighted by Crippen LogP contribution is 2.34. The number of imidazole rings is 1. The van der Waals surface area contributed by atoms with Crippen LogP contribution in [0.25, 0.3) is 11.2 Å². The molecule has 0 aromatic carbocycles. The van der Waals surface area contributed by atoms with Gasteiger partial charge in [0.15, 0.2) is 11.5 Å². The van der Waals surface area contributed by atoms with Crippen LogP contribution in [-0.4, -0.2) is 39.6 Å². The number of fused-ring (bicyclic) bond motifs is 1. The van der Waals surface area contributed by atoms with Crippen LogP contribution in [0.3, 0.4) is 0 Å². The highest BCUT2D eigenvalue weighted by atomic mass is 15.3. The quantitative estimate of drug-likeness (QED) is 0.860. The Hall–Kier alpha value is -1.85. The smallest absolute Gasteiger partial charge is 0.226 e. The average molecular weight is 260 g/mol. The molecule has 0 bridgehead atoms. The van der Waals surface area contributed by atoms with Gasteiger partial charge in [0.2, 0.25) is 5.95 Å². The largest absolute Gasteiger partial charge is 0.357 e. The lowest BCUT2D eigenvalue weighted by atomic mass is 10.2. The molecule has 0 saturated heterocycles. The molecule has 1 fully saturated rings. The minimum atomic E-state index is 0.603. The number of nitrogens with zero attached hydrogens (tertiary/aromatic N) is 4. The molecule has 0 radical (unpaired) electrons. The summed E-state index contributed by atoms with van der Waals surface area (Å²) in [6.45, 7) is 5.48. The minimum absolute atomic E-state index is 0.603. The molecule has 0 spiro atoms. The Morgan fingerprint density at radius 3 is 2.84 bits per heavy atom. The standard InChI is InChI=1S/C13H20N6/c1-8(2)6-19(9-4-5-9)12-10-11(16-7-15-10)17-13(14-3)18-12/h7-9H,4-6H2,1-3H3,(H2,14,15,16,17,18). The Kier molecular flexibility index (Phi) is 3.00. The van der Waals surface area contributed by atoms with Crippen LogP contribution in [0.1, 0.15) is 26.7 Å². The third-order valence-corrected chi connectivity index (χ3v) is 3.31. The second-order valence-electron chi connectivity index (χ2n) is 5.50.